The van der Waals surface area contributed by atoms with Crippen molar-refractivity contribution in [3.05, 3.63) is 42.1 Å². The number of hydrogen-bond donors (Lipinski definition) is 0. The summed E-state index contributed by atoms with van der Waals surface area (Å²) >= 11 is 0. The van der Waals surface area contributed by atoms with Gasteiger partial charge in [-0.25, -0.2) is 0 Å². The molecule has 1 saturated heterocycles. The molecule has 0 spiro atoms. The average molecular weight is 229 g/mol. The van der Waals surface area contributed by atoms with Crippen molar-refractivity contribution in [2.45, 2.75) is 32.2 Å². The molecule has 1 unspecified atom stereocenters. The Balaban J connectivity index is 2.06. The molecule has 17 heavy (non-hydrogen) atoms. The lowest BCUT2D eigenvalue weighted by molar-refractivity contribution is -0.122. The molecule has 0 aliphatic carbocycles. The lowest BCUT2D eigenvalue weighted by atomic mass is 9.99. The first-order valence-corrected chi connectivity index (χ1v) is 6.27. The molecular formula is C15H19NO. The quantitative estimate of drug-likeness (QED) is 0.793. The summed E-state index contributed by atoms with van der Waals surface area (Å²) in [6.45, 7) is 2.69. The van der Waals surface area contributed by atoms with E-state index in [4.69, 9.17) is 0 Å². The monoisotopic (exact) mass is 229 g/mol. The van der Waals surface area contributed by atoms with Crippen molar-refractivity contribution in [2.75, 3.05) is 6.54 Å². The Bertz CT molecular complexity index is 397. The van der Waals surface area contributed by atoms with Crippen molar-refractivity contribution in [3.63, 3.8) is 0 Å². The normalized spacial score (nSPS) is 20.8. The summed E-state index contributed by atoms with van der Waals surface area (Å²) in [7, 11) is 0. The Labute approximate surface area is 103 Å². The van der Waals surface area contributed by atoms with E-state index in [1.807, 2.05) is 18.2 Å². The van der Waals surface area contributed by atoms with Crippen LogP contribution in [0, 0.1) is 0 Å². The molecule has 1 aliphatic heterocycles. The number of hydrogen-bond acceptors (Lipinski definition) is 2. The number of rotatable bonds is 3. The molecular weight excluding hydrogens is 210 g/mol. The lowest BCUT2D eigenvalue weighted by Crippen LogP contribution is -2.40. The Morgan fingerprint density at radius 1 is 1.29 bits per heavy atom. The van der Waals surface area contributed by atoms with Gasteiger partial charge >= 0.3 is 0 Å². The van der Waals surface area contributed by atoms with Gasteiger partial charge in [-0.3, -0.25) is 4.79 Å². The summed E-state index contributed by atoms with van der Waals surface area (Å²) in [4.78, 5) is 13.7. The predicted molar refractivity (Wildman–Crippen MR) is 70.5 cm³/mol. The minimum atomic E-state index is 0.0868. The van der Waals surface area contributed by atoms with Gasteiger partial charge in [0.15, 0.2) is 5.78 Å². The van der Waals surface area contributed by atoms with E-state index in [0.29, 0.717) is 0 Å². The van der Waals surface area contributed by atoms with E-state index in [0.717, 1.165) is 13.0 Å². The maximum Gasteiger partial charge on any atom is 0.152 e. The van der Waals surface area contributed by atoms with Gasteiger partial charge in [-0.15, -0.1) is 0 Å². The van der Waals surface area contributed by atoms with Gasteiger partial charge in [0, 0.05) is 12.7 Å². The summed E-state index contributed by atoms with van der Waals surface area (Å²) < 4.78 is 0. The van der Waals surface area contributed by atoms with Gasteiger partial charge < -0.3 is 4.90 Å². The third kappa shape index (κ3) is 3.19. The zero-order valence-corrected chi connectivity index (χ0v) is 10.3. The third-order valence-corrected chi connectivity index (χ3v) is 3.27. The molecule has 0 N–H and O–H groups in total. The van der Waals surface area contributed by atoms with Crippen LogP contribution in [0.15, 0.2) is 36.5 Å². The van der Waals surface area contributed by atoms with Crippen LogP contribution in [0.4, 0.5) is 0 Å². The number of likely N-dealkylation sites (tertiary alicyclic amines) is 1. The molecule has 1 aromatic rings. The van der Waals surface area contributed by atoms with Crippen LogP contribution in [0.5, 0.6) is 0 Å². The fraction of sp³-hybridized carbons (Fsp3) is 0.400. The molecule has 1 aliphatic rings. The number of nitrogens with zero attached hydrogens (tertiary/aromatic N) is 1. The molecule has 0 radical (unpaired) electrons. The highest BCUT2D eigenvalue weighted by Gasteiger charge is 2.22. The fourth-order valence-electron chi connectivity index (χ4n) is 2.31. The number of Topliss-reactive ketones (excluding diaryl/α,β-unsaturated/α-hetero) is 1. The smallest absolute Gasteiger partial charge is 0.152 e. The molecule has 1 fully saturated rings. The maximum atomic E-state index is 11.5. The van der Waals surface area contributed by atoms with Crippen LogP contribution < -0.4 is 0 Å². The molecule has 2 nitrogen and oxygen atoms in total. The van der Waals surface area contributed by atoms with Crippen molar-refractivity contribution in [3.8, 4) is 0 Å². The largest absolute Gasteiger partial charge is 0.367 e. The number of piperidine rings is 1. The van der Waals surface area contributed by atoms with E-state index >= 15 is 0 Å². The minimum Gasteiger partial charge on any atom is -0.367 e. The number of carbonyl (C=O) groups excluding carboxylic acids is 1. The second kappa shape index (κ2) is 5.67. The summed E-state index contributed by atoms with van der Waals surface area (Å²) in [5, 5.41) is 0. The van der Waals surface area contributed by atoms with Crippen molar-refractivity contribution in [1.29, 1.82) is 0 Å². The highest BCUT2D eigenvalue weighted by Crippen LogP contribution is 2.18. The van der Waals surface area contributed by atoms with Crippen molar-refractivity contribution >= 4 is 11.9 Å². The van der Waals surface area contributed by atoms with E-state index in [1.54, 1.807) is 6.92 Å². The average Bonchev–Trinajstić information content (AvgIpc) is 2.38. The lowest BCUT2D eigenvalue weighted by Gasteiger charge is -2.33. The second-order valence-corrected chi connectivity index (χ2v) is 4.59. The van der Waals surface area contributed by atoms with Crippen LogP contribution in [-0.4, -0.2) is 23.3 Å². The zero-order chi connectivity index (χ0) is 12.1. The Morgan fingerprint density at radius 3 is 2.76 bits per heavy atom. The molecule has 0 amide bonds. The Morgan fingerprint density at radius 2 is 2.06 bits per heavy atom. The van der Waals surface area contributed by atoms with E-state index in [-0.39, 0.29) is 11.8 Å². The summed E-state index contributed by atoms with van der Waals surface area (Å²) in [5.74, 6) is 0.280. The number of benzene rings is 1. The predicted octanol–water partition coefficient (Wildman–Crippen LogP) is 3.10. The molecule has 0 saturated carbocycles. The first-order valence-electron chi connectivity index (χ1n) is 6.27. The molecule has 0 aromatic heterocycles. The van der Waals surface area contributed by atoms with Crippen molar-refractivity contribution in [2.24, 2.45) is 0 Å². The van der Waals surface area contributed by atoms with Crippen molar-refractivity contribution < 1.29 is 4.79 Å². The molecule has 90 valence electrons. The van der Waals surface area contributed by atoms with Gasteiger partial charge in [0.25, 0.3) is 0 Å². The SMILES string of the molecule is CC(=O)C1CCCCN1C=Cc1ccccc1. The maximum absolute atomic E-state index is 11.5. The minimum absolute atomic E-state index is 0.0868. The molecule has 0 bridgehead atoms. The standard InChI is InChI=1S/C15H19NO/c1-13(17)15-9-5-6-11-16(15)12-10-14-7-3-2-4-8-14/h2-4,7-8,10,12,15H,5-6,9,11H2,1H3. The highest BCUT2D eigenvalue weighted by molar-refractivity contribution is 5.81. The molecule has 2 heteroatoms. The molecule has 1 atom stereocenters. The van der Waals surface area contributed by atoms with Gasteiger partial charge in [-0.05, 0) is 37.8 Å². The summed E-state index contributed by atoms with van der Waals surface area (Å²) in [5.41, 5.74) is 1.18. The highest BCUT2D eigenvalue weighted by atomic mass is 16.1. The van der Waals surface area contributed by atoms with Gasteiger partial charge in [0.05, 0.1) is 6.04 Å². The second-order valence-electron chi connectivity index (χ2n) is 4.59. The van der Waals surface area contributed by atoms with E-state index in [1.165, 1.54) is 18.4 Å². The number of carbonyl (C=O) groups is 1. The summed E-state index contributed by atoms with van der Waals surface area (Å²) in [6.07, 6.45) is 7.50. The van der Waals surface area contributed by atoms with E-state index in [2.05, 4.69) is 29.3 Å². The summed E-state index contributed by atoms with van der Waals surface area (Å²) in [6, 6.07) is 10.3. The van der Waals surface area contributed by atoms with Gasteiger partial charge in [0.1, 0.15) is 0 Å². The molecule has 1 aromatic carbocycles. The van der Waals surface area contributed by atoms with Crippen LogP contribution in [0.25, 0.3) is 6.08 Å². The van der Waals surface area contributed by atoms with Gasteiger partial charge in [-0.1, -0.05) is 30.3 Å². The first-order chi connectivity index (χ1) is 8.27. The Kier molecular flexibility index (Phi) is 3.97. The van der Waals surface area contributed by atoms with Crippen LogP contribution in [-0.2, 0) is 4.79 Å². The van der Waals surface area contributed by atoms with Gasteiger partial charge in [-0.2, -0.15) is 0 Å². The molecule has 1 heterocycles. The Hall–Kier alpha value is -1.57. The first kappa shape index (κ1) is 11.9. The van der Waals surface area contributed by atoms with E-state index in [9.17, 15) is 4.79 Å². The fourth-order valence-corrected chi connectivity index (χ4v) is 2.31. The van der Waals surface area contributed by atoms with Crippen LogP contribution >= 0.6 is 0 Å². The zero-order valence-electron chi connectivity index (χ0n) is 10.3. The van der Waals surface area contributed by atoms with Crippen LogP contribution in [0.2, 0.25) is 0 Å². The topological polar surface area (TPSA) is 20.3 Å². The van der Waals surface area contributed by atoms with Crippen LogP contribution in [0.3, 0.4) is 0 Å². The van der Waals surface area contributed by atoms with Gasteiger partial charge in [0.2, 0.25) is 0 Å². The molecule has 2 rings (SSSR count). The van der Waals surface area contributed by atoms with Crippen molar-refractivity contribution in [1.82, 2.24) is 4.90 Å². The third-order valence-electron chi connectivity index (χ3n) is 3.27. The number of ketones is 1. The van der Waals surface area contributed by atoms with Crippen LogP contribution in [0.1, 0.15) is 31.7 Å². The van der Waals surface area contributed by atoms with E-state index < -0.39 is 0 Å².